The van der Waals surface area contributed by atoms with Gasteiger partial charge in [-0.25, -0.2) is 0 Å². The van der Waals surface area contributed by atoms with Gasteiger partial charge in [0.15, 0.2) is 0 Å². The van der Waals surface area contributed by atoms with Gasteiger partial charge in [0.2, 0.25) is 0 Å². The van der Waals surface area contributed by atoms with Gasteiger partial charge in [0.05, 0.1) is 9.21 Å². The highest BCUT2D eigenvalue weighted by Crippen LogP contribution is 2.21. The standard InChI is InChI=1S/C9H11ClN2OS/c10-8-2-1-7(14-8)9(13)12-5-6-3-11-4-6/h1-2,6,11H,3-5H2,(H,12,13). The van der Waals surface area contributed by atoms with Crippen molar-refractivity contribution in [2.24, 2.45) is 5.92 Å². The molecule has 0 spiro atoms. The zero-order valence-electron chi connectivity index (χ0n) is 7.55. The largest absolute Gasteiger partial charge is 0.351 e. The van der Waals surface area contributed by atoms with Gasteiger partial charge in [-0.1, -0.05) is 11.6 Å². The second-order valence-corrected chi connectivity index (χ2v) is 5.05. The molecule has 1 aromatic heterocycles. The molecule has 0 aliphatic carbocycles. The Kier molecular flexibility index (Phi) is 3.05. The Morgan fingerprint density at radius 3 is 2.93 bits per heavy atom. The van der Waals surface area contributed by atoms with Gasteiger partial charge in [0.1, 0.15) is 0 Å². The Morgan fingerprint density at radius 1 is 1.64 bits per heavy atom. The molecule has 1 aromatic rings. The minimum Gasteiger partial charge on any atom is -0.351 e. The molecule has 1 saturated heterocycles. The van der Waals surface area contributed by atoms with Crippen LogP contribution in [0.2, 0.25) is 4.34 Å². The molecule has 3 nitrogen and oxygen atoms in total. The Bertz CT molecular complexity index is 335. The molecule has 1 amide bonds. The molecule has 14 heavy (non-hydrogen) atoms. The molecule has 0 unspecified atom stereocenters. The predicted octanol–water partition coefficient (Wildman–Crippen LogP) is 1.35. The van der Waals surface area contributed by atoms with E-state index < -0.39 is 0 Å². The Balaban J connectivity index is 1.82. The lowest BCUT2D eigenvalue weighted by molar-refractivity contribution is 0.0946. The van der Waals surface area contributed by atoms with Crippen LogP contribution in [-0.2, 0) is 0 Å². The molecule has 0 bridgehead atoms. The maximum Gasteiger partial charge on any atom is 0.261 e. The Labute approximate surface area is 91.5 Å². The van der Waals surface area contributed by atoms with Crippen LogP contribution in [0.15, 0.2) is 12.1 Å². The SMILES string of the molecule is O=C(NCC1CNC1)c1ccc(Cl)s1. The molecule has 2 N–H and O–H groups in total. The number of nitrogens with one attached hydrogen (secondary N) is 2. The van der Waals surface area contributed by atoms with Crippen LogP contribution in [0.4, 0.5) is 0 Å². The van der Waals surface area contributed by atoms with E-state index in [2.05, 4.69) is 10.6 Å². The minimum absolute atomic E-state index is 0.0196. The fourth-order valence-corrected chi connectivity index (χ4v) is 2.21. The molecule has 76 valence electrons. The molecule has 2 heterocycles. The molecular formula is C9H11ClN2OS. The van der Waals surface area contributed by atoms with E-state index in [0.717, 1.165) is 19.6 Å². The van der Waals surface area contributed by atoms with E-state index in [1.165, 1.54) is 11.3 Å². The maximum absolute atomic E-state index is 11.5. The number of thiophene rings is 1. The number of rotatable bonds is 3. The third-order valence-electron chi connectivity index (χ3n) is 2.21. The van der Waals surface area contributed by atoms with Gasteiger partial charge in [-0.3, -0.25) is 4.79 Å². The van der Waals surface area contributed by atoms with Crippen LogP contribution in [0.5, 0.6) is 0 Å². The third-order valence-corrected chi connectivity index (χ3v) is 3.44. The zero-order chi connectivity index (χ0) is 9.97. The highest BCUT2D eigenvalue weighted by Gasteiger charge is 2.17. The first kappa shape index (κ1) is 9.96. The monoisotopic (exact) mass is 230 g/mol. The highest BCUT2D eigenvalue weighted by atomic mass is 35.5. The minimum atomic E-state index is -0.0196. The van der Waals surface area contributed by atoms with Gasteiger partial charge in [-0.2, -0.15) is 0 Å². The van der Waals surface area contributed by atoms with Crippen molar-refractivity contribution in [2.45, 2.75) is 0 Å². The number of carbonyl (C=O) groups is 1. The molecule has 5 heteroatoms. The quantitative estimate of drug-likeness (QED) is 0.823. The van der Waals surface area contributed by atoms with Crippen LogP contribution in [0.3, 0.4) is 0 Å². The van der Waals surface area contributed by atoms with Crippen LogP contribution in [0.25, 0.3) is 0 Å². The Morgan fingerprint density at radius 2 is 2.43 bits per heavy atom. The first-order valence-corrected chi connectivity index (χ1v) is 5.69. The molecule has 1 fully saturated rings. The van der Waals surface area contributed by atoms with Gasteiger partial charge in [-0.15, -0.1) is 11.3 Å². The maximum atomic E-state index is 11.5. The summed E-state index contributed by atoms with van der Waals surface area (Å²) in [4.78, 5) is 12.2. The summed E-state index contributed by atoms with van der Waals surface area (Å²) in [6.07, 6.45) is 0. The zero-order valence-corrected chi connectivity index (χ0v) is 9.12. The van der Waals surface area contributed by atoms with Crippen LogP contribution in [-0.4, -0.2) is 25.5 Å². The molecule has 0 radical (unpaired) electrons. The third kappa shape index (κ3) is 2.26. The summed E-state index contributed by atoms with van der Waals surface area (Å²) in [5.41, 5.74) is 0. The number of amides is 1. The van der Waals surface area contributed by atoms with Crippen molar-refractivity contribution in [3.05, 3.63) is 21.3 Å². The van der Waals surface area contributed by atoms with Crippen LogP contribution in [0, 0.1) is 5.92 Å². The average molecular weight is 231 g/mol. The lowest BCUT2D eigenvalue weighted by Gasteiger charge is -2.26. The van der Waals surface area contributed by atoms with Crippen LogP contribution in [0.1, 0.15) is 9.67 Å². The first-order chi connectivity index (χ1) is 6.75. The summed E-state index contributed by atoms with van der Waals surface area (Å²) in [5, 5.41) is 6.05. The van der Waals surface area contributed by atoms with E-state index in [9.17, 15) is 4.79 Å². The van der Waals surface area contributed by atoms with E-state index >= 15 is 0 Å². The lowest BCUT2D eigenvalue weighted by Crippen LogP contribution is -2.48. The number of carbonyl (C=O) groups excluding carboxylic acids is 1. The number of halogens is 1. The summed E-state index contributed by atoms with van der Waals surface area (Å²) in [6.45, 7) is 2.76. The summed E-state index contributed by atoms with van der Waals surface area (Å²) in [6, 6.07) is 3.49. The van der Waals surface area contributed by atoms with Crippen molar-refractivity contribution in [1.29, 1.82) is 0 Å². The summed E-state index contributed by atoms with van der Waals surface area (Å²) < 4.78 is 0.653. The van der Waals surface area contributed by atoms with Crippen LogP contribution < -0.4 is 10.6 Å². The lowest BCUT2D eigenvalue weighted by atomic mass is 10.0. The van der Waals surface area contributed by atoms with Crippen molar-refractivity contribution in [3.8, 4) is 0 Å². The van der Waals surface area contributed by atoms with Crippen molar-refractivity contribution in [1.82, 2.24) is 10.6 Å². The normalized spacial score (nSPS) is 16.4. The number of hydrogen-bond acceptors (Lipinski definition) is 3. The van der Waals surface area contributed by atoms with E-state index in [1.807, 2.05) is 0 Å². The van der Waals surface area contributed by atoms with Crippen LogP contribution >= 0.6 is 22.9 Å². The molecule has 0 saturated carbocycles. The summed E-state index contributed by atoms with van der Waals surface area (Å²) in [7, 11) is 0. The first-order valence-electron chi connectivity index (χ1n) is 4.50. The second kappa shape index (κ2) is 4.29. The fourth-order valence-electron chi connectivity index (χ4n) is 1.25. The molecular weight excluding hydrogens is 220 g/mol. The number of hydrogen-bond donors (Lipinski definition) is 2. The average Bonchev–Trinajstić information content (AvgIpc) is 2.49. The van der Waals surface area contributed by atoms with Gasteiger partial charge in [0, 0.05) is 25.6 Å². The van der Waals surface area contributed by atoms with Gasteiger partial charge in [-0.05, 0) is 12.1 Å². The second-order valence-electron chi connectivity index (χ2n) is 3.34. The molecule has 1 aliphatic heterocycles. The smallest absolute Gasteiger partial charge is 0.261 e. The van der Waals surface area contributed by atoms with Gasteiger partial charge >= 0.3 is 0 Å². The fraction of sp³-hybridized carbons (Fsp3) is 0.444. The Hall–Kier alpha value is -0.580. The molecule has 0 atom stereocenters. The summed E-state index contributed by atoms with van der Waals surface area (Å²) in [5.74, 6) is 0.572. The van der Waals surface area contributed by atoms with E-state index in [-0.39, 0.29) is 5.91 Å². The predicted molar refractivity (Wildman–Crippen MR) is 58.0 cm³/mol. The topological polar surface area (TPSA) is 41.1 Å². The van der Waals surface area contributed by atoms with Gasteiger partial charge in [0.25, 0.3) is 5.91 Å². The molecule has 2 rings (SSSR count). The highest BCUT2D eigenvalue weighted by molar-refractivity contribution is 7.17. The molecule has 1 aliphatic rings. The van der Waals surface area contributed by atoms with Crippen molar-refractivity contribution in [2.75, 3.05) is 19.6 Å². The molecule has 0 aromatic carbocycles. The van der Waals surface area contributed by atoms with E-state index in [4.69, 9.17) is 11.6 Å². The van der Waals surface area contributed by atoms with E-state index in [1.54, 1.807) is 12.1 Å². The van der Waals surface area contributed by atoms with Gasteiger partial charge < -0.3 is 10.6 Å². The van der Waals surface area contributed by atoms with Crippen molar-refractivity contribution >= 4 is 28.8 Å². The summed E-state index contributed by atoms with van der Waals surface area (Å²) >= 11 is 7.05. The van der Waals surface area contributed by atoms with E-state index in [0.29, 0.717) is 15.1 Å². The van der Waals surface area contributed by atoms with Crippen molar-refractivity contribution < 1.29 is 4.79 Å². The van der Waals surface area contributed by atoms with Crippen molar-refractivity contribution in [3.63, 3.8) is 0 Å².